The van der Waals surface area contributed by atoms with Crippen LogP contribution in [0.1, 0.15) is 34.1 Å². The molecule has 0 spiro atoms. The number of ether oxygens (including phenoxy) is 1. The van der Waals surface area contributed by atoms with Crippen LogP contribution in [0.2, 0.25) is 0 Å². The third kappa shape index (κ3) is 4.79. The molecule has 0 aliphatic carbocycles. The number of nitrogens with two attached hydrogens (primary N) is 1. The Morgan fingerprint density at radius 2 is 2.00 bits per heavy atom. The van der Waals surface area contributed by atoms with E-state index in [-0.39, 0.29) is 11.5 Å². The van der Waals surface area contributed by atoms with Crippen LogP contribution in [0.25, 0.3) is 0 Å². The van der Waals surface area contributed by atoms with E-state index in [1.165, 1.54) is 0 Å². The molecule has 0 aromatic rings. The number of primary amides is 1. The Kier molecular flexibility index (Phi) is 3.52. The summed E-state index contributed by atoms with van der Waals surface area (Å²) in [6, 6.07) is 0. The highest BCUT2D eigenvalue weighted by Crippen LogP contribution is 2.12. The minimum Gasteiger partial charge on any atom is -0.367 e. The summed E-state index contributed by atoms with van der Waals surface area (Å²) < 4.78 is 5.37. The third-order valence-electron chi connectivity index (χ3n) is 1.18. The predicted molar refractivity (Wildman–Crippen MR) is 44.1 cm³/mol. The van der Waals surface area contributed by atoms with E-state index in [2.05, 4.69) is 0 Å². The number of amides is 1. The van der Waals surface area contributed by atoms with Gasteiger partial charge in [0.2, 0.25) is 5.91 Å². The molecular formula is C8H17NO2. The molecule has 1 unspecified atom stereocenters. The second-order valence-electron chi connectivity index (χ2n) is 3.53. The van der Waals surface area contributed by atoms with Crippen LogP contribution in [0.4, 0.5) is 0 Å². The summed E-state index contributed by atoms with van der Waals surface area (Å²) in [7, 11) is 0. The average molecular weight is 159 g/mol. The molecule has 0 bridgehead atoms. The van der Waals surface area contributed by atoms with Crippen molar-refractivity contribution < 1.29 is 9.53 Å². The van der Waals surface area contributed by atoms with Crippen molar-refractivity contribution in [1.82, 2.24) is 0 Å². The maximum atomic E-state index is 10.7. The van der Waals surface area contributed by atoms with E-state index in [0.717, 1.165) is 0 Å². The molecule has 1 atom stereocenters. The number of hydrogen-bond donors (Lipinski definition) is 1. The third-order valence-corrected chi connectivity index (χ3v) is 1.18. The number of carbonyl (C=O) groups is 1. The molecule has 0 rings (SSSR count). The quantitative estimate of drug-likeness (QED) is 0.669. The van der Waals surface area contributed by atoms with E-state index in [1.807, 2.05) is 27.7 Å². The number of rotatable bonds is 3. The first kappa shape index (κ1) is 10.4. The van der Waals surface area contributed by atoms with E-state index < -0.39 is 6.10 Å². The highest BCUT2D eigenvalue weighted by atomic mass is 16.5. The Bertz CT molecular complexity index is 138. The molecule has 0 aromatic heterocycles. The smallest absolute Gasteiger partial charge is 0.246 e. The van der Waals surface area contributed by atoms with Crippen molar-refractivity contribution >= 4 is 5.91 Å². The van der Waals surface area contributed by atoms with Gasteiger partial charge >= 0.3 is 0 Å². The van der Waals surface area contributed by atoms with Gasteiger partial charge in [-0.2, -0.15) is 0 Å². The summed E-state index contributed by atoms with van der Waals surface area (Å²) in [5.41, 5.74) is 4.79. The highest BCUT2D eigenvalue weighted by Gasteiger charge is 2.20. The molecule has 1 amide bonds. The Hall–Kier alpha value is -0.570. The van der Waals surface area contributed by atoms with Gasteiger partial charge in [0.05, 0.1) is 5.60 Å². The molecule has 0 radical (unpaired) electrons. The fourth-order valence-corrected chi connectivity index (χ4v) is 0.769. The van der Waals surface area contributed by atoms with Gasteiger partial charge in [-0.25, -0.2) is 0 Å². The lowest BCUT2D eigenvalue weighted by Crippen LogP contribution is -2.36. The van der Waals surface area contributed by atoms with Gasteiger partial charge in [-0.15, -0.1) is 0 Å². The van der Waals surface area contributed by atoms with Gasteiger partial charge in [0.15, 0.2) is 0 Å². The van der Waals surface area contributed by atoms with Gasteiger partial charge < -0.3 is 10.5 Å². The van der Waals surface area contributed by atoms with Crippen LogP contribution in [-0.2, 0) is 9.53 Å². The van der Waals surface area contributed by atoms with Crippen molar-refractivity contribution in [2.75, 3.05) is 0 Å². The van der Waals surface area contributed by atoms with Crippen molar-refractivity contribution in [1.29, 1.82) is 0 Å². The Morgan fingerprint density at radius 1 is 1.55 bits per heavy atom. The SMILES string of the molecule is CCC(OC(C)(C)C)C(N)=O. The standard InChI is InChI=1S/C8H17NO2/c1-5-6(7(9)10)11-8(2,3)4/h6H,5H2,1-4H3,(H2,9,10). The number of carbonyl (C=O) groups excluding carboxylic acids is 1. The highest BCUT2D eigenvalue weighted by molar-refractivity contribution is 5.78. The molecular weight excluding hydrogens is 142 g/mol. The van der Waals surface area contributed by atoms with E-state index in [9.17, 15) is 4.79 Å². The maximum absolute atomic E-state index is 10.7. The molecule has 0 aliphatic rings. The molecule has 0 fully saturated rings. The van der Waals surface area contributed by atoms with Crippen molar-refractivity contribution in [3.05, 3.63) is 0 Å². The maximum Gasteiger partial charge on any atom is 0.246 e. The zero-order chi connectivity index (χ0) is 9.07. The molecule has 3 nitrogen and oxygen atoms in total. The fraction of sp³-hybridized carbons (Fsp3) is 0.875. The minimum absolute atomic E-state index is 0.296. The zero-order valence-electron chi connectivity index (χ0n) is 7.68. The van der Waals surface area contributed by atoms with Crippen molar-refractivity contribution in [3.63, 3.8) is 0 Å². The summed E-state index contributed by atoms with van der Waals surface area (Å²) in [5, 5.41) is 0. The van der Waals surface area contributed by atoms with Gasteiger partial charge in [-0.3, -0.25) is 4.79 Å². The van der Waals surface area contributed by atoms with E-state index in [1.54, 1.807) is 0 Å². The summed E-state index contributed by atoms with van der Waals surface area (Å²) in [6.07, 6.45) is 0.182. The Morgan fingerprint density at radius 3 is 2.09 bits per heavy atom. The van der Waals surface area contributed by atoms with Crippen molar-refractivity contribution in [2.24, 2.45) is 5.73 Å². The monoisotopic (exact) mass is 159 g/mol. The second kappa shape index (κ2) is 3.72. The summed E-state index contributed by atoms with van der Waals surface area (Å²) >= 11 is 0. The van der Waals surface area contributed by atoms with Crippen molar-refractivity contribution in [2.45, 2.75) is 45.8 Å². The minimum atomic E-state index is -0.449. The van der Waals surface area contributed by atoms with Crippen LogP contribution in [0.15, 0.2) is 0 Å². The molecule has 11 heavy (non-hydrogen) atoms. The molecule has 66 valence electrons. The van der Waals surface area contributed by atoms with Gasteiger partial charge in [-0.05, 0) is 27.2 Å². The van der Waals surface area contributed by atoms with Gasteiger partial charge in [0.1, 0.15) is 6.10 Å². The van der Waals surface area contributed by atoms with Crippen LogP contribution in [-0.4, -0.2) is 17.6 Å². The Labute approximate surface area is 67.9 Å². The molecule has 0 saturated heterocycles. The molecule has 0 saturated carbocycles. The topological polar surface area (TPSA) is 52.3 Å². The first-order valence-electron chi connectivity index (χ1n) is 3.84. The molecule has 0 aromatic carbocycles. The Balaban J connectivity index is 3.99. The molecule has 2 N–H and O–H groups in total. The summed E-state index contributed by atoms with van der Waals surface area (Å²) in [6.45, 7) is 7.58. The average Bonchev–Trinajstić information content (AvgIpc) is 1.80. The van der Waals surface area contributed by atoms with Crippen LogP contribution in [0.5, 0.6) is 0 Å². The lowest BCUT2D eigenvalue weighted by molar-refractivity contribution is -0.139. The van der Waals surface area contributed by atoms with Crippen LogP contribution >= 0.6 is 0 Å². The summed E-state index contributed by atoms with van der Waals surface area (Å²) in [4.78, 5) is 10.7. The molecule has 3 heteroatoms. The van der Waals surface area contributed by atoms with Gasteiger partial charge in [0.25, 0.3) is 0 Å². The molecule has 0 aliphatic heterocycles. The van der Waals surface area contributed by atoms with Crippen molar-refractivity contribution in [3.8, 4) is 0 Å². The van der Waals surface area contributed by atoms with E-state index in [4.69, 9.17) is 10.5 Å². The summed E-state index contributed by atoms with van der Waals surface area (Å²) in [5.74, 6) is -0.387. The van der Waals surface area contributed by atoms with Crippen LogP contribution in [0.3, 0.4) is 0 Å². The van der Waals surface area contributed by atoms with E-state index >= 15 is 0 Å². The van der Waals surface area contributed by atoms with Crippen LogP contribution < -0.4 is 5.73 Å². The van der Waals surface area contributed by atoms with E-state index in [0.29, 0.717) is 6.42 Å². The van der Waals surface area contributed by atoms with Gasteiger partial charge in [0, 0.05) is 0 Å². The lowest BCUT2D eigenvalue weighted by Gasteiger charge is -2.24. The first-order valence-corrected chi connectivity index (χ1v) is 3.84. The fourth-order valence-electron chi connectivity index (χ4n) is 0.769. The second-order valence-corrected chi connectivity index (χ2v) is 3.53. The lowest BCUT2D eigenvalue weighted by atomic mass is 10.1. The predicted octanol–water partition coefficient (Wildman–Crippen LogP) is 1.07. The first-order chi connectivity index (χ1) is 4.87. The number of hydrogen-bond acceptors (Lipinski definition) is 2. The normalized spacial score (nSPS) is 14.5. The molecule has 0 heterocycles. The largest absolute Gasteiger partial charge is 0.367 e. The zero-order valence-corrected chi connectivity index (χ0v) is 7.68. The van der Waals surface area contributed by atoms with Gasteiger partial charge in [-0.1, -0.05) is 6.92 Å². The van der Waals surface area contributed by atoms with Crippen LogP contribution in [0, 0.1) is 0 Å².